The molecule has 104 valence electrons. The molecule has 1 heterocycles. The van der Waals surface area contributed by atoms with Crippen molar-refractivity contribution in [1.29, 1.82) is 0 Å². The average molecular weight is 260 g/mol. The molecule has 0 amide bonds. The quantitative estimate of drug-likeness (QED) is 0.834. The molecule has 2 rings (SSSR count). The number of carbonyl (C=O) groups excluding carboxylic acids is 1. The zero-order chi connectivity index (χ0) is 13.9. The van der Waals surface area contributed by atoms with Gasteiger partial charge in [0.25, 0.3) is 0 Å². The minimum Gasteiger partial charge on any atom is -0.297 e. The van der Waals surface area contributed by atoms with Crippen LogP contribution in [0.3, 0.4) is 0 Å². The predicted molar refractivity (Wildman–Crippen MR) is 77.0 cm³/mol. The van der Waals surface area contributed by atoms with E-state index in [4.69, 9.17) is 0 Å². The number of aromatic nitrogens is 1. The molecule has 1 aliphatic rings. The Hall–Kier alpha value is -1.22. The summed E-state index contributed by atoms with van der Waals surface area (Å²) in [5.41, 5.74) is 0.599. The van der Waals surface area contributed by atoms with E-state index in [9.17, 15) is 4.79 Å². The Morgan fingerprint density at radius 2 is 2.26 bits per heavy atom. The average Bonchev–Trinajstić information content (AvgIpc) is 2.39. The highest BCUT2D eigenvalue weighted by molar-refractivity contribution is 5.90. The number of hydrogen-bond acceptors (Lipinski definition) is 3. The molecule has 0 spiro atoms. The number of rotatable bonds is 4. The van der Waals surface area contributed by atoms with E-state index in [2.05, 4.69) is 16.8 Å². The van der Waals surface area contributed by atoms with Crippen molar-refractivity contribution in [2.75, 3.05) is 14.1 Å². The third-order valence-electron chi connectivity index (χ3n) is 4.42. The predicted octanol–water partition coefficient (Wildman–Crippen LogP) is 2.70. The van der Waals surface area contributed by atoms with Gasteiger partial charge >= 0.3 is 0 Å². The van der Waals surface area contributed by atoms with Crippen LogP contribution in [0, 0.1) is 5.92 Å². The van der Waals surface area contributed by atoms with Crippen LogP contribution in [-0.4, -0.2) is 35.3 Å². The SMILES string of the molecule is CC1CCCC(C(=O)Cc2ccccn2)(N(C)C)C1. The van der Waals surface area contributed by atoms with Gasteiger partial charge in [0.15, 0.2) is 5.78 Å². The van der Waals surface area contributed by atoms with Crippen molar-refractivity contribution in [3.05, 3.63) is 30.1 Å². The molecule has 1 aliphatic carbocycles. The Kier molecular flexibility index (Phi) is 4.35. The number of nitrogens with zero attached hydrogens (tertiary/aromatic N) is 2. The molecule has 2 atom stereocenters. The minimum absolute atomic E-state index is 0.283. The summed E-state index contributed by atoms with van der Waals surface area (Å²) in [4.78, 5) is 19.2. The molecular weight excluding hydrogens is 236 g/mol. The number of pyridine rings is 1. The van der Waals surface area contributed by atoms with E-state index in [1.807, 2.05) is 32.3 Å². The van der Waals surface area contributed by atoms with Gasteiger partial charge in [-0.3, -0.25) is 14.7 Å². The summed E-state index contributed by atoms with van der Waals surface area (Å²) < 4.78 is 0. The lowest BCUT2D eigenvalue weighted by molar-refractivity contribution is -0.132. The Balaban J connectivity index is 2.17. The van der Waals surface area contributed by atoms with E-state index < -0.39 is 0 Å². The first-order valence-corrected chi connectivity index (χ1v) is 7.15. The molecular formula is C16H24N2O. The molecule has 1 saturated carbocycles. The molecule has 1 aromatic heterocycles. The smallest absolute Gasteiger partial charge is 0.158 e. The maximum Gasteiger partial charge on any atom is 0.158 e. The highest BCUT2D eigenvalue weighted by atomic mass is 16.1. The Morgan fingerprint density at radius 1 is 1.47 bits per heavy atom. The number of hydrogen-bond donors (Lipinski definition) is 0. The van der Waals surface area contributed by atoms with Crippen LogP contribution in [0.2, 0.25) is 0 Å². The van der Waals surface area contributed by atoms with E-state index >= 15 is 0 Å². The van der Waals surface area contributed by atoms with Gasteiger partial charge in [-0.1, -0.05) is 25.8 Å². The number of carbonyl (C=O) groups is 1. The van der Waals surface area contributed by atoms with Crippen LogP contribution in [-0.2, 0) is 11.2 Å². The van der Waals surface area contributed by atoms with Crippen LogP contribution in [0.1, 0.15) is 38.3 Å². The summed E-state index contributed by atoms with van der Waals surface area (Å²) in [7, 11) is 4.07. The third-order valence-corrected chi connectivity index (χ3v) is 4.42. The van der Waals surface area contributed by atoms with Crippen LogP contribution < -0.4 is 0 Å². The van der Waals surface area contributed by atoms with Gasteiger partial charge in [0.05, 0.1) is 12.0 Å². The topological polar surface area (TPSA) is 33.2 Å². The lowest BCUT2D eigenvalue weighted by Crippen LogP contribution is -2.54. The van der Waals surface area contributed by atoms with Gasteiger partial charge in [-0.15, -0.1) is 0 Å². The summed E-state index contributed by atoms with van der Waals surface area (Å²) in [5.74, 6) is 0.951. The molecule has 1 fully saturated rings. The molecule has 0 bridgehead atoms. The summed E-state index contributed by atoms with van der Waals surface area (Å²) in [6, 6.07) is 5.77. The maximum absolute atomic E-state index is 12.8. The second kappa shape index (κ2) is 5.83. The first-order valence-electron chi connectivity index (χ1n) is 7.15. The molecule has 3 heteroatoms. The summed E-state index contributed by atoms with van der Waals surface area (Å²) in [6.45, 7) is 2.26. The van der Waals surface area contributed by atoms with Gasteiger partial charge in [0.2, 0.25) is 0 Å². The molecule has 0 aromatic carbocycles. The number of ketones is 1. The second-order valence-corrected chi connectivity index (χ2v) is 6.05. The van der Waals surface area contributed by atoms with Gasteiger partial charge in [0, 0.05) is 11.9 Å². The van der Waals surface area contributed by atoms with Crippen molar-refractivity contribution in [1.82, 2.24) is 9.88 Å². The van der Waals surface area contributed by atoms with Crippen molar-refractivity contribution in [2.24, 2.45) is 5.92 Å². The van der Waals surface area contributed by atoms with Crippen molar-refractivity contribution in [2.45, 2.75) is 44.6 Å². The maximum atomic E-state index is 12.8. The van der Waals surface area contributed by atoms with Gasteiger partial charge in [0.1, 0.15) is 0 Å². The van der Waals surface area contributed by atoms with Crippen molar-refractivity contribution in [3.8, 4) is 0 Å². The van der Waals surface area contributed by atoms with Crippen LogP contribution in [0.25, 0.3) is 0 Å². The normalized spacial score (nSPS) is 27.5. The summed E-state index contributed by atoms with van der Waals surface area (Å²) in [5, 5.41) is 0. The summed E-state index contributed by atoms with van der Waals surface area (Å²) >= 11 is 0. The Labute approximate surface area is 116 Å². The van der Waals surface area contributed by atoms with E-state index in [0.717, 1.165) is 25.0 Å². The molecule has 2 unspecified atom stereocenters. The van der Waals surface area contributed by atoms with Crippen LogP contribution >= 0.6 is 0 Å². The zero-order valence-electron chi connectivity index (χ0n) is 12.2. The first-order chi connectivity index (χ1) is 9.04. The fraction of sp³-hybridized carbons (Fsp3) is 0.625. The minimum atomic E-state index is -0.283. The fourth-order valence-corrected chi connectivity index (χ4v) is 3.26. The third kappa shape index (κ3) is 3.03. The Bertz CT molecular complexity index is 430. The standard InChI is InChI=1S/C16H24N2O/c1-13-7-6-9-16(12-13,18(2)3)15(19)11-14-8-4-5-10-17-14/h4-5,8,10,13H,6-7,9,11-12H2,1-3H3. The van der Waals surface area contributed by atoms with Crippen LogP contribution in [0.5, 0.6) is 0 Å². The van der Waals surface area contributed by atoms with Gasteiger partial charge < -0.3 is 0 Å². The summed E-state index contributed by atoms with van der Waals surface area (Å²) in [6.07, 6.45) is 6.56. The molecule has 19 heavy (non-hydrogen) atoms. The van der Waals surface area contributed by atoms with Gasteiger partial charge in [-0.05, 0) is 45.0 Å². The lowest BCUT2D eigenvalue weighted by Gasteiger charge is -2.43. The van der Waals surface area contributed by atoms with Crippen molar-refractivity contribution in [3.63, 3.8) is 0 Å². The van der Waals surface area contributed by atoms with E-state index in [1.54, 1.807) is 6.20 Å². The highest BCUT2D eigenvalue weighted by Gasteiger charge is 2.42. The molecule has 0 saturated heterocycles. The molecule has 0 aliphatic heterocycles. The number of likely N-dealkylation sites (N-methyl/N-ethyl adjacent to an activating group) is 1. The molecule has 1 aromatic rings. The molecule has 3 nitrogen and oxygen atoms in total. The number of Topliss-reactive ketones (excluding diaryl/α,β-unsaturated/α-hetero) is 1. The van der Waals surface area contributed by atoms with E-state index in [0.29, 0.717) is 18.1 Å². The zero-order valence-corrected chi connectivity index (χ0v) is 12.2. The van der Waals surface area contributed by atoms with Gasteiger partial charge in [-0.25, -0.2) is 0 Å². The van der Waals surface area contributed by atoms with E-state index in [-0.39, 0.29) is 5.54 Å². The van der Waals surface area contributed by atoms with E-state index in [1.165, 1.54) is 6.42 Å². The van der Waals surface area contributed by atoms with Crippen LogP contribution in [0.15, 0.2) is 24.4 Å². The second-order valence-electron chi connectivity index (χ2n) is 6.05. The monoisotopic (exact) mass is 260 g/mol. The first kappa shape index (κ1) is 14.2. The van der Waals surface area contributed by atoms with Gasteiger partial charge in [-0.2, -0.15) is 0 Å². The van der Waals surface area contributed by atoms with Crippen molar-refractivity contribution >= 4 is 5.78 Å². The molecule has 0 radical (unpaired) electrons. The molecule has 0 N–H and O–H groups in total. The lowest BCUT2D eigenvalue weighted by atomic mass is 9.72. The fourth-order valence-electron chi connectivity index (χ4n) is 3.26. The largest absolute Gasteiger partial charge is 0.297 e. The highest BCUT2D eigenvalue weighted by Crippen LogP contribution is 2.37. The van der Waals surface area contributed by atoms with Crippen LogP contribution in [0.4, 0.5) is 0 Å². The van der Waals surface area contributed by atoms with Crippen molar-refractivity contribution < 1.29 is 4.79 Å². The Morgan fingerprint density at radius 3 is 2.84 bits per heavy atom.